The summed E-state index contributed by atoms with van der Waals surface area (Å²) in [4.78, 5) is 47.3. The minimum atomic E-state index is -0.588. The van der Waals surface area contributed by atoms with E-state index < -0.39 is 12.0 Å². The monoisotopic (exact) mass is 545 g/mol. The van der Waals surface area contributed by atoms with Crippen molar-refractivity contribution in [2.45, 2.75) is 59.1 Å². The second-order valence-electron chi connectivity index (χ2n) is 9.48. The highest BCUT2D eigenvalue weighted by Crippen LogP contribution is 2.46. The molecule has 0 unspecified atom stereocenters. The van der Waals surface area contributed by atoms with Crippen LogP contribution in [0.2, 0.25) is 5.02 Å². The molecular formula is C27H32ClN3O5S. The number of benzene rings is 1. The van der Waals surface area contributed by atoms with Gasteiger partial charge in [-0.2, -0.15) is 0 Å². The van der Waals surface area contributed by atoms with E-state index >= 15 is 0 Å². The van der Waals surface area contributed by atoms with E-state index in [1.165, 1.54) is 11.8 Å². The highest BCUT2D eigenvalue weighted by molar-refractivity contribution is 8.16. The number of halogens is 1. The summed E-state index contributed by atoms with van der Waals surface area (Å²) in [5.41, 5.74) is 2.41. The predicted molar refractivity (Wildman–Crippen MR) is 144 cm³/mol. The van der Waals surface area contributed by atoms with Gasteiger partial charge in [-0.25, -0.2) is 9.79 Å². The number of amides is 1. The van der Waals surface area contributed by atoms with Gasteiger partial charge < -0.3 is 19.3 Å². The first-order chi connectivity index (χ1) is 17.7. The summed E-state index contributed by atoms with van der Waals surface area (Å²) < 4.78 is 10.8. The zero-order chi connectivity index (χ0) is 26.7. The van der Waals surface area contributed by atoms with E-state index in [0.717, 1.165) is 17.7 Å². The Morgan fingerprint density at radius 3 is 2.70 bits per heavy atom. The van der Waals surface area contributed by atoms with Gasteiger partial charge >= 0.3 is 11.9 Å². The molecule has 10 heteroatoms. The molecule has 198 valence electrons. The third kappa shape index (κ3) is 5.88. The lowest BCUT2D eigenvalue weighted by Crippen LogP contribution is -2.44. The quantitative estimate of drug-likeness (QED) is 0.442. The Kier molecular flexibility index (Phi) is 8.64. The number of fused-ring (bicyclic) bond motifs is 1. The van der Waals surface area contributed by atoms with Crippen molar-refractivity contribution in [2.24, 2.45) is 10.9 Å². The van der Waals surface area contributed by atoms with Gasteiger partial charge in [0.05, 0.1) is 42.4 Å². The highest BCUT2D eigenvalue weighted by Gasteiger charge is 2.42. The SMILES string of the molecule is CCOC(=O)[C@@H]1CCCN(C(=O)CC2=CSC3=NC(C)=C(C(=O)OC(C)C)[C@H](c4ccccc4Cl)N23)C1. The first-order valence-electron chi connectivity index (χ1n) is 12.5. The average molecular weight is 546 g/mol. The summed E-state index contributed by atoms with van der Waals surface area (Å²) in [7, 11) is 0. The Morgan fingerprint density at radius 2 is 2.00 bits per heavy atom. The summed E-state index contributed by atoms with van der Waals surface area (Å²) in [6.07, 6.45) is 1.26. The smallest absolute Gasteiger partial charge is 0.338 e. The van der Waals surface area contributed by atoms with Gasteiger partial charge in [-0.3, -0.25) is 9.59 Å². The van der Waals surface area contributed by atoms with Gasteiger partial charge in [0.1, 0.15) is 0 Å². The standard InChI is InChI=1S/C27H32ClN3O5S/c1-5-35-25(33)18-9-8-12-30(14-18)22(32)13-19-15-37-27-29-17(4)23(26(34)36-16(2)3)24(31(19)27)20-10-6-7-11-21(20)28/h6-7,10-11,15-16,18,24H,5,8-9,12-14H2,1-4H3/t18-,24+/m1/s1. The zero-order valence-electron chi connectivity index (χ0n) is 21.5. The van der Waals surface area contributed by atoms with Crippen molar-refractivity contribution in [1.82, 2.24) is 9.80 Å². The van der Waals surface area contributed by atoms with E-state index in [0.29, 0.717) is 47.6 Å². The van der Waals surface area contributed by atoms with Crippen molar-refractivity contribution in [2.75, 3.05) is 19.7 Å². The Balaban J connectivity index is 1.62. The largest absolute Gasteiger partial charge is 0.466 e. The number of esters is 2. The van der Waals surface area contributed by atoms with Crippen molar-refractivity contribution in [3.8, 4) is 0 Å². The lowest BCUT2D eigenvalue weighted by Gasteiger charge is -2.37. The number of carbonyl (C=O) groups excluding carboxylic acids is 3. The molecule has 1 aromatic rings. The first-order valence-corrected chi connectivity index (χ1v) is 13.8. The Bertz CT molecular complexity index is 1180. The van der Waals surface area contributed by atoms with Gasteiger partial charge in [0, 0.05) is 23.8 Å². The molecule has 4 rings (SSSR count). The highest BCUT2D eigenvalue weighted by atomic mass is 35.5. The van der Waals surface area contributed by atoms with E-state index in [4.69, 9.17) is 21.1 Å². The van der Waals surface area contributed by atoms with Crippen molar-refractivity contribution in [3.63, 3.8) is 0 Å². The van der Waals surface area contributed by atoms with E-state index in [2.05, 4.69) is 4.99 Å². The molecule has 0 saturated carbocycles. The van der Waals surface area contributed by atoms with Gasteiger partial charge in [-0.15, -0.1) is 0 Å². The maximum Gasteiger partial charge on any atom is 0.338 e. The second-order valence-corrected chi connectivity index (χ2v) is 10.7. The van der Waals surface area contributed by atoms with E-state index in [9.17, 15) is 14.4 Å². The van der Waals surface area contributed by atoms with Crippen molar-refractivity contribution < 1.29 is 23.9 Å². The van der Waals surface area contributed by atoms with Crippen LogP contribution in [-0.4, -0.2) is 58.6 Å². The fraction of sp³-hybridized carbons (Fsp3) is 0.481. The number of allylic oxidation sites excluding steroid dienone is 1. The molecule has 2 atom stereocenters. The molecule has 0 bridgehead atoms. The number of nitrogens with zero attached hydrogens (tertiary/aromatic N) is 3. The molecule has 3 heterocycles. The normalized spacial score (nSPS) is 21.5. The number of ether oxygens (including phenoxy) is 2. The fourth-order valence-corrected chi connectivity index (χ4v) is 6.03. The third-order valence-electron chi connectivity index (χ3n) is 6.49. The molecule has 0 aliphatic carbocycles. The lowest BCUT2D eigenvalue weighted by molar-refractivity contribution is -0.151. The Morgan fingerprint density at radius 1 is 1.24 bits per heavy atom. The number of amidine groups is 1. The van der Waals surface area contributed by atoms with Gasteiger partial charge in [-0.05, 0) is 57.6 Å². The summed E-state index contributed by atoms with van der Waals surface area (Å²) in [5.74, 6) is -1.11. The van der Waals surface area contributed by atoms with Crippen LogP contribution < -0.4 is 0 Å². The lowest BCUT2D eigenvalue weighted by atomic mass is 9.93. The van der Waals surface area contributed by atoms with Crippen LogP contribution in [0.15, 0.2) is 51.6 Å². The van der Waals surface area contributed by atoms with Crippen LogP contribution in [0.4, 0.5) is 0 Å². The van der Waals surface area contributed by atoms with Crippen LogP contribution in [0, 0.1) is 5.92 Å². The van der Waals surface area contributed by atoms with Crippen LogP contribution in [0.25, 0.3) is 0 Å². The third-order valence-corrected chi connectivity index (χ3v) is 7.72. The van der Waals surface area contributed by atoms with Gasteiger partial charge in [-0.1, -0.05) is 41.6 Å². The molecule has 1 fully saturated rings. The number of carbonyl (C=O) groups is 3. The van der Waals surface area contributed by atoms with Crippen LogP contribution in [0.3, 0.4) is 0 Å². The van der Waals surface area contributed by atoms with Crippen molar-refractivity contribution >= 4 is 46.4 Å². The minimum Gasteiger partial charge on any atom is -0.466 e. The summed E-state index contributed by atoms with van der Waals surface area (Å²) >= 11 is 8.04. The molecule has 37 heavy (non-hydrogen) atoms. The number of rotatable bonds is 7. The molecule has 0 radical (unpaired) electrons. The number of piperidine rings is 1. The van der Waals surface area contributed by atoms with E-state index in [-0.39, 0.29) is 30.3 Å². The molecule has 0 aromatic heterocycles. The maximum atomic E-state index is 13.4. The number of likely N-dealkylation sites (tertiary alicyclic amines) is 1. The summed E-state index contributed by atoms with van der Waals surface area (Å²) in [6, 6.07) is 6.78. The van der Waals surface area contributed by atoms with Crippen LogP contribution in [0.5, 0.6) is 0 Å². The number of thioether (sulfide) groups is 1. The van der Waals surface area contributed by atoms with Crippen LogP contribution in [-0.2, 0) is 23.9 Å². The molecule has 1 amide bonds. The average Bonchev–Trinajstić information content (AvgIpc) is 3.25. The predicted octanol–water partition coefficient (Wildman–Crippen LogP) is 5.06. The number of hydrogen-bond donors (Lipinski definition) is 0. The molecular weight excluding hydrogens is 514 g/mol. The van der Waals surface area contributed by atoms with Gasteiger partial charge in [0.2, 0.25) is 5.91 Å². The molecule has 1 aromatic carbocycles. The molecule has 8 nitrogen and oxygen atoms in total. The summed E-state index contributed by atoms with van der Waals surface area (Å²) in [5, 5.41) is 3.08. The van der Waals surface area contributed by atoms with Gasteiger partial charge in [0.25, 0.3) is 0 Å². The van der Waals surface area contributed by atoms with E-state index in [1.807, 2.05) is 28.5 Å². The van der Waals surface area contributed by atoms with Crippen LogP contribution >= 0.6 is 23.4 Å². The van der Waals surface area contributed by atoms with Crippen molar-refractivity contribution in [3.05, 3.63) is 57.2 Å². The fourth-order valence-electron chi connectivity index (χ4n) is 4.82. The van der Waals surface area contributed by atoms with Crippen molar-refractivity contribution in [1.29, 1.82) is 0 Å². The molecule has 0 N–H and O–H groups in total. The first kappa shape index (κ1) is 27.3. The number of aliphatic imine (C=N–C) groups is 1. The topological polar surface area (TPSA) is 88.5 Å². The molecule has 3 aliphatic heterocycles. The number of hydrogen-bond acceptors (Lipinski definition) is 8. The van der Waals surface area contributed by atoms with Gasteiger partial charge in [0.15, 0.2) is 5.17 Å². The Hall–Kier alpha value is -2.78. The molecule has 1 saturated heterocycles. The Labute approximate surface area is 226 Å². The summed E-state index contributed by atoms with van der Waals surface area (Å²) in [6.45, 7) is 8.43. The van der Waals surface area contributed by atoms with Crippen LogP contribution in [0.1, 0.15) is 58.6 Å². The molecule has 0 spiro atoms. The maximum absolute atomic E-state index is 13.4. The second kappa shape index (κ2) is 11.7. The minimum absolute atomic E-state index is 0.0856. The molecule has 3 aliphatic rings. The van der Waals surface area contributed by atoms with E-state index in [1.54, 1.807) is 38.7 Å². The zero-order valence-corrected chi connectivity index (χ0v) is 23.1.